The van der Waals surface area contributed by atoms with Crippen LogP contribution < -0.4 is 21.5 Å². The molecule has 0 amide bonds. The van der Waals surface area contributed by atoms with Crippen LogP contribution in [0.5, 0.6) is 5.75 Å². The molecule has 1 aliphatic heterocycles. The zero-order chi connectivity index (χ0) is 24.8. The summed E-state index contributed by atoms with van der Waals surface area (Å²) in [5, 5.41) is 3.09. The monoisotopic (exact) mass is 475 g/mol. The molecule has 0 aromatic heterocycles. The van der Waals surface area contributed by atoms with Crippen LogP contribution in [0.3, 0.4) is 0 Å². The lowest BCUT2D eigenvalue weighted by molar-refractivity contribution is 0.183. The first-order valence-electron chi connectivity index (χ1n) is 12.1. The van der Waals surface area contributed by atoms with Gasteiger partial charge in [-0.3, -0.25) is 4.90 Å². The van der Waals surface area contributed by atoms with E-state index in [1.165, 1.54) is 44.5 Å². The van der Waals surface area contributed by atoms with E-state index in [0.29, 0.717) is 18.0 Å². The first kappa shape index (κ1) is 24.5. The summed E-state index contributed by atoms with van der Waals surface area (Å²) >= 11 is 0. The molecule has 1 heterocycles. The van der Waals surface area contributed by atoms with Crippen LogP contribution in [-0.2, 0) is 0 Å². The molecule has 6 nitrogen and oxygen atoms in total. The molecule has 0 bridgehead atoms. The number of nitrogens with zero attached hydrogens (tertiary/aromatic N) is 2. The third kappa shape index (κ3) is 6.51. The highest BCUT2D eigenvalue weighted by Gasteiger charge is 2.11. The van der Waals surface area contributed by atoms with E-state index < -0.39 is 0 Å². The minimum Gasteiger partial charge on any atom is -0.492 e. The largest absolute Gasteiger partial charge is 0.492 e. The number of aryl methyl sites for hydroxylation is 2. The van der Waals surface area contributed by atoms with Crippen molar-refractivity contribution in [3.8, 4) is 16.9 Å². The Balaban J connectivity index is 1.38. The molecule has 0 radical (unpaired) electrons. The van der Waals surface area contributed by atoms with Gasteiger partial charge in [0.1, 0.15) is 18.2 Å². The van der Waals surface area contributed by atoms with Gasteiger partial charge in [0.15, 0.2) is 5.96 Å². The standard InChI is InChI=1S/C28H34FN5O/c1-19-6-7-21(29)17-24(19)25-18-26(30)27(16-20(25)2)33-28(31)32-22-8-10-23(11-9-22)35-15-14-34-12-4-3-5-13-34/h6-11,16-18H,3-5,12-15,30H2,1-2H3,(H3,31,32,33). The number of anilines is 2. The van der Waals surface area contributed by atoms with Crippen molar-refractivity contribution in [2.75, 3.05) is 37.3 Å². The Morgan fingerprint density at radius 1 is 0.971 bits per heavy atom. The third-order valence-corrected chi connectivity index (χ3v) is 6.36. The van der Waals surface area contributed by atoms with Crippen molar-refractivity contribution in [1.82, 2.24) is 4.90 Å². The van der Waals surface area contributed by atoms with Gasteiger partial charge >= 0.3 is 0 Å². The van der Waals surface area contributed by atoms with Crippen molar-refractivity contribution in [3.05, 3.63) is 71.5 Å². The Morgan fingerprint density at radius 2 is 1.69 bits per heavy atom. The van der Waals surface area contributed by atoms with Crippen molar-refractivity contribution >= 4 is 23.0 Å². The van der Waals surface area contributed by atoms with E-state index >= 15 is 0 Å². The van der Waals surface area contributed by atoms with Crippen LogP contribution in [0.2, 0.25) is 0 Å². The lowest BCUT2D eigenvalue weighted by Gasteiger charge is -2.26. The SMILES string of the molecule is Cc1ccc(F)cc1-c1cc(N)c(N=C(N)Nc2ccc(OCCN3CCCCC3)cc2)cc1C. The highest BCUT2D eigenvalue weighted by molar-refractivity contribution is 5.95. The van der Waals surface area contributed by atoms with E-state index in [1.54, 1.807) is 6.07 Å². The van der Waals surface area contributed by atoms with Crippen molar-refractivity contribution < 1.29 is 9.13 Å². The molecular weight excluding hydrogens is 441 g/mol. The summed E-state index contributed by atoms with van der Waals surface area (Å²) in [6.07, 6.45) is 3.90. The van der Waals surface area contributed by atoms with Crippen LogP contribution >= 0.6 is 0 Å². The van der Waals surface area contributed by atoms with Crippen molar-refractivity contribution in [2.24, 2.45) is 10.7 Å². The lowest BCUT2D eigenvalue weighted by atomic mass is 9.95. The van der Waals surface area contributed by atoms with Gasteiger partial charge in [-0.1, -0.05) is 12.5 Å². The number of benzene rings is 3. The molecule has 1 fully saturated rings. The molecule has 3 aromatic carbocycles. The summed E-state index contributed by atoms with van der Waals surface area (Å²) < 4.78 is 19.7. The van der Waals surface area contributed by atoms with Crippen LogP contribution in [-0.4, -0.2) is 37.1 Å². The smallest absolute Gasteiger partial charge is 0.198 e. The number of hydrogen-bond acceptors (Lipinski definition) is 4. The Bertz CT molecular complexity index is 1190. The molecule has 7 heteroatoms. The van der Waals surface area contributed by atoms with Crippen molar-refractivity contribution in [1.29, 1.82) is 0 Å². The Kier molecular flexibility index (Phi) is 7.87. The van der Waals surface area contributed by atoms with Gasteiger partial charge < -0.3 is 21.5 Å². The van der Waals surface area contributed by atoms with E-state index in [-0.39, 0.29) is 11.8 Å². The first-order valence-corrected chi connectivity index (χ1v) is 12.1. The second-order valence-corrected chi connectivity index (χ2v) is 9.08. The number of guanidine groups is 1. The highest BCUT2D eigenvalue weighted by atomic mass is 19.1. The summed E-state index contributed by atoms with van der Waals surface area (Å²) in [5.41, 5.74) is 17.9. The summed E-state index contributed by atoms with van der Waals surface area (Å²) in [6, 6.07) is 16.1. The van der Waals surface area contributed by atoms with Crippen LogP contribution in [0.15, 0.2) is 59.6 Å². The average molecular weight is 476 g/mol. The molecule has 0 atom stereocenters. The van der Waals surface area contributed by atoms with Gasteiger partial charge in [-0.2, -0.15) is 0 Å². The number of rotatable bonds is 7. The molecule has 0 aliphatic carbocycles. The fraction of sp³-hybridized carbons (Fsp3) is 0.321. The van der Waals surface area contributed by atoms with Gasteiger partial charge in [-0.25, -0.2) is 9.38 Å². The molecule has 5 N–H and O–H groups in total. The minimum absolute atomic E-state index is 0.226. The van der Waals surface area contributed by atoms with E-state index in [9.17, 15) is 4.39 Å². The number of likely N-dealkylation sites (tertiary alicyclic amines) is 1. The van der Waals surface area contributed by atoms with Gasteiger partial charge in [0, 0.05) is 12.2 Å². The Labute approximate surface area is 206 Å². The zero-order valence-corrected chi connectivity index (χ0v) is 20.5. The van der Waals surface area contributed by atoms with Crippen LogP contribution in [0.1, 0.15) is 30.4 Å². The van der Waals surface area contributed by atoms with Crippen LogP contribution in [0, 0.1) is 19.7 Å². The Morgan fingerprint density at radius 3 is 2.43 bits per heavy atom. The third-order valence-electron chi connectivity index (χ3n) is 6.36. The number of aliphatic imine (C=N–C) groups is 1. The van der Waals surface area contributed by atoms with Gasteiger partial charge in [0.25, 0.3) is 0 Å². The molecular formula is C28H34FN5O. The number of halogens is 1. The number of piperidine rings is 1. The molecule has 3 aromatic rings. The predicted octanol–water partition coefficient (Wildman–Crippen LogP) is 5.61. The van der Waals surface area contributed by atoms with E-state index in [1.807, 2.05) is 50.2 Å². The van der Waals surface area contributed by atoms with E-state index in [2.05, 4.69) is 15.2 Å². The van der Waals surface area contributed by atoms with Crippen LogP contribution in [0.4, 0.5) is 21.5 Å². The normalized spacial score (nSPS) is 14.7. The molecule has 0 spiro atoms. The van der Waals surface area contributed by atoms with E-state index in [0.717, 1.165) is 40.2 Å². The Hall–Kier alpha value is -3.58. The summed E-state index contributed by atoms with van der Waals surface area (Å²) in [7, 11) is 0. The first-order chi connectivity index (χ1) is 16.9. The zero-order valence-electron chi connectivity index (χ0n) is 20.5. The fourth-order valence-electron chi connectivity index (χ4n) is 4.40. The predicted molar refractivity (Wildman–Crippen MR) is 143 cm³/mol. The summed E-state index contributed by atoms with van der Waals surface area (Å²) in [4.78, 5) is 6.91. The number of nitrogens with one attached hydrogen (secondary N) is 1. The number of nitrogen functional groups attached to an aromatic ring is 1. The maximum atomic E-state index is 13.8. The number of hydrogen-bond donors (Lipinski definition) is 3. The molecule has 184 valence electrons. The quantitative estimate of drug-likeness (QED) is 0.235. The summed E-state index contributed by atoms with van der Waals surface area (Å²) in [6.45, 7) is 7.87. The van der Waals surface area contributed by atoms with E-state index in [4.69, 9.17) is 16.2 Å². The van der Waals surface area contributed by atoms with Crippen LogP contribution in [0.25, 0.3) is 11.1 Å². The second-order valence-electron chi connectivity index (χ2n) is 9.08. The molecule has 1 saturated heterocycles. The molecule has 35 heavy (non-hydrogen) atoms. The maximum Gasteiger partial charge on any atom is 0.198 e. The van der Waals surface area contributed by atoms with Gasteiger partial charge in [-0.05, 0) is 111 Å². The fourth-order valence-corrected chi connectivity index (χ4v) is 4.40. The summed E-state index contributed by atoms with van der Waals surface area (Å²) in [5.74, 6) is 0.772. The second kappa shape index (κ2) is 11.2. The molecule has 0 unspecified atom stereocenters. The van der Waals surface area contributed by atoms with Crippen molar-refractivity contribution in [3.63, 3.8) is 0 Å². The maximum absolute atomic E-state index is 13.8. The lowest BCUT2D eigenvalue weighted by Crippen LogP contribution is -2.33. The molecule has 4 rings (SSSR count). The average Bonchev–Trinajstić information content (AvgIpc) is 2.84. The van der Waals surface area contributed by atoms with Gasteiger partial charge in [0.2, 0.25) is 0 Å². The minimum atomic E-state index is -0.280. The van der Waals surface area contributed by atoms with Crippen molar-refractivity contribution in [2.45, 2.75) is 33.1 Å². The van der Waals surface area contributed by atoms with Gasteiger partial charge in [0.05, 0.1) is 11.4 Å². The number of nitrogens with two attached hydrogens (primary N) is 2. The molecule has 0 saturated carbocycles. The highest BCUT2D eigenvalue weighted by Crippen LogP contribution is 2.34. The number of ether oxygens (including phenoxy) is 1. The molecule has 1 aliphatic rings. The van der Waals surface area contributed by atoms with Gasteiger partial charge in [-0.15, -0.1) is 0 Å². The topological polar surface area (TPSA) is 88.9 Å².